The van der Waals surface area contributed by atoms with E-state index in [0.717, 1.165) is 12.8 Å². The molecule has 1 saturated carbocycles. The Morgan fingerprint density at radius 2 is 2.13 bits per heavy atom. The zero-order valence-electron chi connectivity index (χ0n) is 13.0. The number of urea groups is 1. The second kappa shape index (κ2) is 6.76. The van der Waals surface area contributed by atoms with E-state index >= 15 is 0 Å². The van der Waals surface area contributed by atoms with Crippen LogP contribution in [0.4, 0.5) is 10.5 Å². The van der Waals surface area contributed by atoms with Crippen molar-refractivity contribution in [2.24, 2.45) is 0 Å². The highest BCUT2D eigenvalue weighted by molar-refractivity contribution is 6.34. The number of carbonyl (C=O) groups excluding carboxylic acids is 2. The average Bonchev–Trinajstić information content (AvgIpc) is 3.33. The summed E-state index contributed by atoms with van der Waals surface area (Å²) in [6.07, 6.45) is 2.05. The van der Waals surface area contributed by atoms with Crippen LogP contribution in [0.3, 0.4) is 0 Å². The topological polar surface area (TPSA) is 70.7 Å². The van der Waals surface area contributed by atoms with Gasteiger partial charge in [-0.3, -0.25) is 4.79 Å². The fourth-order valence-corrected chi connectivity index (χ4v) is 2.68. The molecule has 0 aromatic heterocycles. The molecule has 23 heavy (non-hydrogen) atoms. The zero-order chi connectivity index (χ0) is 16.4. The highest BCUT2D eigenvalue weighted by atomic mass is 35.5. The van der Waals surface area contributed by atoms with Crippen molar-refractivity contribution < 1.29 is 14.3 Å². The summed E-state index contributed by atoms with van der Waals surface area (Å²) in [5.41, 5.74) is 0.936. The molecule has 7 heteroatoms. The molecular weight excluding hydrogens is 318 g/mol. The second-order valence-electron chi connectivity index (χ2n) is 6.00. The number of ether oxygens (including phenoxy) is 1. The quantitative estimate of drug-likeness (QED) is 0.890. The Hall–Kier alpha value is -1.79. The van der Waals surface area contributed by atoms with Crippen LogP contribution in [-0.2, 0) is 4.74 Å². The van der Waals surface area contributed by atoms with Crippen molar-refractivity contribution >= 4 is 29.2 Å². The Bertz CT molecular complexity index is 619. The van der Waals surface area contributed by atoms with Gasteiger partial charge in [0.25, 0.3) is 5.91 Å². The van der Waals surface area contributed by atoms with E-state index in [-0.39, 0.29) is 24.1 Å². The Kier molecular flexibility index (Phi) is 4.73. The van der Waals surface area contributed by atoms with Crippen LogP contribution >= 0.6 is 11.6 Å². The average molecular weight is 338 g/mol. The smallest absolute Gasteiger partial charge is 0.322 e. The molecule has 2 N–H and O–H groups in total. The molecule has 1 aromatic carbocycles. The second-order valence-corrected chi connectivity index (χ2v) is 6.41. The summed E-state index contributed by atoms with van der Waals surface area (Å²) in [5, 5.41) is 6.09. The highest BCUT2D eigenvalue weighted by Gasteiger charge is 2.25. The molecule has 1 aliphatic carbocycles. The number of amides is 3. The van der Waals surface area contributed by atoms with Gasteiger partial charge in [-0.25, -0.2) is 4.79 Å². The summed E-state index contributed by atoms with van der Waals surface area (Å²) in [6.45, 7) is 3.57. The number of anilines is 1. The SMILES string of the molecule is C[C@H]1CN(C(=O)Nc2ccc(Cl)c(C(=O)NC3CC3)c2)CCO1. The lowest BCUT2D eigenvalue weighted by atomic mass is 10.2. The van der Waals surface area contributed by atoms with Gasteiger partial charge < -0.3 is 20.3 Å². The minimum absolute atomic E-state index is 0.0274. The number of hydrogen-bond donors (Lipinski definition) is 2. The summed E-state index contributed by atoms with van der Waals surface area (Å²) >= 11 is 6.10. The Morgan fingerprint density at radius 1 is 1.35 bits per heavy atom. The summed E-state index contributed by atoms with van der Waals surface area (Å²) in [7, 11) is 0. The number of carbonyl (C=O) groups is 2. The molecule has 3 rings (SSSR count). The van der Waals surface area contributed by atoms with E-state index in [1.165, 1.54) is 0 Å². The molecule has 2 fully saturated rings. The van der Waals surface area contributed by atoms with Gasteiger partial charge in [-0.15, -0.1) is 0 Å². The number of morpholine rings is 1. The van der Waals surface area contributed by atoms with E-state index in [4.69, 9.17) is 16.3 Å². The van der Waals surface area contributed by atoms with Crippen LogP contribution in [0.2, 0.25) is 5.02 Å². The fourth-order valence-electron chi connectivity index (χ4n) is 2.47. The monoisotopic (exact) mass is 337 g/mol. The van der Waals surface area contributed by atoms with E-state index in [2.05, 4.69) is 10.6 Å². The maximum absolute atomic E-state index is 12.3. The molecule has 0 radical (unpaired) electrons. The van der Waals surface area contributed by atoms with Crippen LogP contribution in [0.25, 0.3) is 0 Å². The molecule has 1 aliphatic heterocycles. The van der Waals surface area contributed by atoms with Crippen LogP contribution in [0.15, 0.2) is 18.2 Å². The number of nitrogens with one attached hydrogen (secondary N) is 2. The van der Waals surface area contributed by atoms with Gasteiger partial charge in [-0.05, 0) is 38.0 Å². The van der Waals surface area contributed by atoms with Crippen molar-refractivity contribution in [2.45, 2.75) is 31.9 Å². The molecule has 3 amide bonds. The van der Waals surface area contributed by atoms with E-state index in [1.54, 1.807) is 23.1 Å². The lowest BCUT2D eigenvalue weighted by Gasteiger charge is -2.31. The maximum atomic E-state index is 12.3. The third kappa shape index (κ3) is 4.14. The van der Waals surface area contributed by atoms with Gasteiger partial charge in [0.2, 0.25) is 0 Å². The molecular formula is C16H20ClN3O3. The Morgan fingerprint density at radius 3 is 2.83 bits per heavy atom. The van der Waals surface area contributed by atoms with Gasteiger partial charge in [0.15, 0.2) is 0 Å². The first kappa shape index (κ1) is 16.1. The Balaban J connectivity index is 1.67. The van der Waals surface area contributed by atoms with Crippen LogP contribution < -0.4 is 10.6 Å². The van der Waals surface area contributed by atoms with E-state index < -0.39 is 0 Å². The van der Waals surface area contributed by atoms with Crippen molar-refractivity contribution in [1.82, 2.24) is 10.2 Å². The fraction of sp³-hybridized carbons (Fsp3) is 0.500. The van der Waals surface area contributed by atoms with Gasteiger partial charge in [-0.1, -0.05) is 11.6 Å². The van der Waals surface area contributed by atoms with Crippen molar-refractivity contribution in [3.05, 3.63) is 28.8 Å². The van der Waals surface area contributed by atoms with Crippen molar-refractivity contribution in [1.29, 1.82) is 0 Å². The summed E-state index contributed by atoms with van der Waals surface area (Å²) in [4.78, 5) is 26.2. The molecule has 0 unspecified atom stereocenters. The lowest BCUT2D eigenvalue weighted by Crippen LogP contribution is -2.46. The number of rotatable bonds is 3. The third-order valence-electron chi connectivity index (χ3n) is 3.90. The van der Waals surface area contributed by atoms with Crippen LogP contribution in [0, 0.1) is 0 Å². The predicted molar refractivity (Wildman–Crippen MR) is 87.9 cm³/mol. The largest absolute Gasteiger partial charge is 0.375 e. The third-order valence-corrected chi connectivity index (χ3v) is 4.23. The number of benzene rings is 1. The molecule has 0 spiro atoms. The zero-order valence-corrected chi connectivity index (χ0v) is 13.7. The minimum Gasteiger partial charge on any atom is -0.375 e. The van der Waals surface area contributed by atoms with Crippen molar-refractivity contribution in [2.75, 3.05) is 25.0 Å². The van der Waals surface area contributed by atoms with Crippen molar-refractivity contribution in [3.8, 4) is 0 Å². The molecule has 0 bridgehead atoms. The van der Waals surface area contributed by atoms with E-state index in [0.29, 0.717) is 36.0 Å². The van der Waals surface area contributed by atoms with Gasteiger partial charge in [0.05, 0.1) is 23.3 Å². The van der Waals surface area contributed by atoms with Crippen molar-refractivity contribution in [3.63, 3.8) is 0 Å². The van der Waals surface area contributed by atoms with Gasteiger partial charge in [0, 0.05) is 24.8 Å². The summed E-state index contributed by atoms with van der Waals surface area (Å²) in [5.74, 6) is -0.200. The first-order chi connectivity index (χ1) is 11.0. The van der Waals surface area contributed by atoms with Gasteiger partial charge in [0.1, 0.15) is 0 Å². The van der Waals surface area contributed by atoms with E-state index in [1.807, 2.05) is 6.92 Å². The maximum Gasteiger partial charge on any atom is 0.322 e. The molecule has 1 heterocycles. The summed E-state index contributed by atoms with van der Waals surface area (Å²) < 4.78 is 5.43. The van der Waals surface area contributed by atoms with Crippen LogP contribution in [0.5, 0.6) is 0 Å². The highest BCUT2D eigenvalue weighted by Crippen LogP contribution is 2.24. The lowest BCUT2D eigenvalue weighted by molar-refractivity contribution is -0.00138. The normalized spacial score (nSPS) is 21.0. The molecule has 6 nitrogen and oxygen atoms in total. The molecule has 124 valence electrons. The summed E-state index contributed by atoms with van der Waals surface area (Å²) in [6, 6.07) is 4.99. The molecule has 2 aliphatic rings. The number of nitrogens with zero attached hydrogens (tertiary/aromatic N) is 1. The minimum atomic E-state index is -0.200. The van der Waals surface area contributed by atoms with Crippen LogP contribution in [-0.4, -0.2) is 48.7 Å². The molecule has 1 saturated heterocycles. The number of halogens is 1. The van der Waals surface area contributed by atoms with Crippen LogP contribution in [0.1, 0.15) is 30.1 Å². The van der Waals surface area contributed by atoms with E-state index in [9.17, 15) is 9.59 Å². The Labute approximate surface area is 140 Å². The predicted octanol–water partition coefficient (Wildman–Crippen LogP) is 2.48. The number of hydrogen-bond acceptors (Lipinski definition) is 3. The first-order valence-electron chi connectivity index (χ1n) is 7.81. The van der Waals surface area contributed by atoms with Gasteiger partial charge >= 0.3 is 6.03 Å². The standard InChI is InChI=1S/C16H20ClN3O3/c1-10-9-20(6-7-23-10)16(22)19-12-4-5-14(17)13(8-12)15(21)18-11-2-3-11/h4-5,8,10-11H,2-3,6-7,9H2,1H3,(H,18,21)(H,19,22)/t10-/m0/s1. The first-order valence-corrected chi connectivity index (χ1v) is 8.18. The molecule has 1 aromatic rings. The van der Waals surface area contributed by atoms with Gasteiger partial charge in [-0.2, -0.15) is 0 Å². The molecule has 1 atom stereocenters.